The first kappa shape index (κ1) is 10.1. The molecule has 0 aliphatic heterocycles. The largest absolute Gasteiger partial charge is 0.508 e. The Balaban J connectivity index is 2.26. The van der Waals surface area contributed by atoms with Gasteiger partial charge in [0, 0.05) is 5.56 Å². The van der Waals surface area contributed by atoms with Crippen LogP contribution >= 0.6 is 0 Å². The van der Waals surface area contributed by atoms with Crippen LogP contribution in [0.25, 0.3) is 11.1 Å². The number of hydrogen-bond donors (Lipinski definition) is 2. The Morgan fingerprint density at radius 2 is 1.71 bits per heavy atom. The summed E-state index contributed by atoms with van der Waals surface area (Å²) in [5.74, 6) is 0.211. The van der Waals surface area contributed by atoms with Gasteiger partial charge >= 0.3 is 0 Å². The summed E-state index contributed by atoms with van der Waals surface area (Å²) in [5.41, 5.74) is 10.7. The smallest absolute Gasteiger partial charge is 0.150 e. The molecule has 3 rings (SSSR count). The number of nitrogens with two attached hydrogens (primary N) is 1. The molecular formula is C14H11NO2. The van der Waals surface area contributed by atoms with E-state index < -0.39 is 0 Å². The molecule has 0 heterocycles. The Kier molecular flexibility index (Phi) is 2.03. The number of aldehydes is 1. The van der Waals surface area contributed by atoms with Crippen molar-refractivity contribution in [3.63, 3.8) is 0 Å². The third-order valence-electron chi connectivity index (χ3n) is 3.21. The highest BCUT2D eigenvalue weighted by Crippen LogP contribution is 2.43. The predicted molar refractivity (Wildman–Crippen MR) is 65.0 cm³/mol. The Hall–Kier alpha value is -2.13. The molecule has 0 saturated carbocycles. The standard InChI is InChI=1S/C14H11NO2/c15-14-12-5-8(7-16)1-3-10(12)11-4-2-9(17)6-13(11)14/h1-7,14,17H,15H2. The third kappa shape index (κ3) is 1.36. The molecular weight excluding hydrogens is 214 g/mol. The quantitative estimate of drug-likeness (QED) is 0.731. The van der Waals surface area contributed by atoms with E-state index in [1.807, 2.05) is 18.2 Å². The van der Waals surface area contributed by atoms with E-state index in [2.05, 4.69) is 0 Å². The molecule has 2 aromatic carbocycles. The van der Waals surface area contributed by atoms with Gasteiger partial charge in [0.15, 0.2) is 0 Å². The van der Waals surface area contributed by atoms with E-state index in [1.165, 1.54) is 0 Å². The molecule has 1 aliphatic rings. The first-order valence-electron chi connectivity index (χ1n) is 5.38. The van der Waals surface area contributed by atoms with E-state index in [1.54, 1.807) is 18.2 Å². The van der Waals surface area contributed by atoms with E-state index >= 15 is 0 Å². The molecule has 3 N–H and O–H groups in total. The minimum atomic E-state index is -0.271. The fraction of sp³-hybridized carbons (Fsp3) is 0.0714. The average molecular weight is 225 g/mol. The summed E-state index contributed by atoms with van der Waals surface area (Å²) in [6.45, 7) is 0. The number of phenolic OH excluding ortho intramolecular Hbond substituents is 1. The molecule has 0 saturated heterocycles. The van der Waals surface area contributed by atoms with Crippen LogP contribution in [0.3, 0.4) is 0 Å². The highest BCUT2D eigenvalue weighted by Gasteiger charge is 2.26. The summed E-state index contributed by atoms with van der Waals surface area (Å²) in [6, 6.07) is 10.4. The maximum absolute atomic E-state index is 10.8. The molecule has 1 aliphatic carbocycles. The molecule has 3 nitrogen and oxygen atoms in total. The summed E-state index contributed by atoms with van der Waals surface area (Å²) in [6.07, 6.45) is 0.813. The van der Waals surface area contributed by atoms with Crippen LogP contribution in [0.5, 0.6) is 5.75 Å². The predicted octanol–water partition coefficient (Wildman–Crippen LogP) is 2.23. The molecule has 17 heavy (non-hydrogen) atoms. The first-order chi connectivity index (χ1) is 8.20. The maximum Gasteiger partial charge on any atom is 0.150 e. The SMILES string of the molecule is NC1c2cc(O)ccc2-c2ccc(C=O)cc21. The lowest BCUT2D eigenvalue weighted by Gasteiger charge is -2.06. The van der Waals surface area contributed by atoms with Crippen molar-refractivity contribution in [1.82, 2.24) is 0 Å². The number of phenols is 1. The van der Waals surface area contributed by atoms with Crippen LogP contribution < -0.4 is 5.73 Å². The molecule has 1 atom stereocenters. The van der Waals surface area contributed by atoms with Crippen LogP contribution in [0, 0.1) is 0 Å². The van der Waals surface area contributed by atoms with Crippen LogP contribution in [0.1, 0.15) is 27.5 Å². The van der Waals surface area contributed by atoms with E-state index in [9.17, 15) is 9.90 Å². The van der Waals surface area contributed by atoms with E-state index in [4.69, 9.17) is 5.73 Å². The summed E-state index contributed by atoms with van der Waals surface area (Å²) >= 11 is 0. The Labute approximate surface area is 98.5 Å². The van der Waals surface area contributed by atoms with Crippen molar-refractivity contribution in [3.05, 3.63) is 53.1 Å². The van der Waals surface area contributed by atoms with Crippen LogP contribution in [0.4, 0.5) is 0 Å². The lowest BCUT2D eigenvalue weighted by molar-refractivity contribution is 0.112. The van der Waals surface area contributed by atoms with Crippen molar-refractivity contribution < 1.29 is 9.90 Å². The van der Waals surface area contributed by atoms with Crippen LogP contribution in [-0.2, 0) is 0 Å². The molecule has 0 bridgehead atoms. The fourth-order valence-electron chi connectivity index (χ4n) is 2.38. The van der Waals surface area contributed by atoms with Crippen molar-refractivity contribution in [1.29, 1.82) is 0 Å². The number of hydrogen-bond acceptors (Lipinski definition) is 3. The molecule has 0 aromatic heterocycles. The number of rotatable bonds is 1. The van der Waals surface area contributed by atoms with Gasteiger partial charge in [0.2, 0.25) is 0 Å². The topological polar surface area (TPSA) is 63.3 Å². The van der Waals surface area contributed by atoms with Crippen molar-refractivity contribution >= 4 is 6.29 Å². The fourth-order valence-corrected chi connectivity index (χ4v) is 2.38. The van der Waals surface area contributed by atoms with Crippen molar-refractivity contribution in [2.24, 2.45) is 5.73 Å². The van der Waals surface area contributed by atoms with Gasteiger partial charge in [-0.25, -0.2) is 0 Å². The third-order valence-corrected chi connectivity index (χ3v) is 3.21. The minimum absolute atomic E-state index is 0.211. The molecule has 2 aromatic rings. The molecule has 0 radical (unpaired) electrons. The number of benzene rings is 2. The summed E-state index contributed by atoms with van der Waals surface area (Å²) < 4.78 is 0. The van der Waals surface area contributed by atoms with Crippen LogP contribution in [-0.4, -0.2) is 11.4 Å². The van der Waals surface area contributed by atoms with Crippen LogP contribution in [0.15, 0.2) is 36.4 Å². The summed E-state index contributed by atoms with van der Waals surface area (Å²) in [7, 11) is 0. The van der Waals surface area contributed by atoms with E-state index in [-0.39, 0.29) is 11.8 Å². The zero-order valence-electron chi connectivity index (χ0n) is 9.05. The number of carbonyl (C=O) groups excluding carboxylic acids is 1. The molecule has 1 unspecified atom stereocenters. The minimum Gasteiger partial charge on any atom is -0.508 e. The van der Waals surface area contributed by atoms with Gasteiger partial charge in [-0.15, -0.1) is 0 Å². The number of fused-ring (bicyclic) bond motifs is 3. The lowest BCUT2D eigenvalue weighted by Crippen LogP contribution is -2.08. The second-order valence-corrected chi connectivity index (χ2v) is 4.21. The molecule has 0 spiro atoms. The second-order valence-electron chi connectivity index (χ2n) is 4.21. The zero-order valence-corrected chi connectivity index (χ0v) is 9.05. The number of aromatic hydroxyl groups is 1. The van der Waals surface area contributed by atoms with Crippen molar-refractivity contribution in [2.75, 3.05) is 0 Å². The normalized spacial score (nSPS) is 16.4. The van der Waals surface area contributed by atoms with Gasteiger partial charge < -0.3 is 10.8 Å². The Morgan fingerprint density at radius 1 is 1.06 bits per heavy atom. The summed E-state index contributed by atoms with van der Waals surface area (Å²) in [4.78, 5) is 10.8. The monoisotopic (exact) mass is 225 g/mol. The maximum atomic E-state index is 10.8. The number of carbonyl (C=O) groups is 1. The van der Waals surface area contributed by atoms with E-state index in [0.29, 0.717) is 5.56 Å². The second kappa shape index (κ2) is 3.43. The highest BCUT2D eigenvalue weighted by molar-refractivity contribution is 5.83. The molecule has 0 fully saturated rings. The molecule has 84 valence electrons. The van der Waals surface area contributed by atoms with Gasteiger partial charge in [-0.05, 0) is 40.5 Å². The van der Waals surface area contributed by atoms with Gasteiger partial charge in [-0.1, -0.05) is 18.2 Å². The van der Waals surface area contributed by atoms with Gasteiger partial charge in [-0.2, -0.15) is 0 Å². The van der Waals surface area contributed by atoms with Crippen molar-refractivity contribution in [2.45, 2.75) is 6.04 Å². The van der Waals surface area contributed by atoms with Gasteiger partial charge in [0.05, 0.1) is 6.04 Å². The van der Waals surface area contributed by atoms with Crippen LogP contribution in [0.2, 0.25) is 0 Å². The zero-order chi connectivity index (χ0) is 12.0. The average Bonchev–Trinajstić information content (AvgIpc) is 2.62. The van der Waals surface area contributed by atoms with Gasteiger partial charge in [-0.3, -0.25) is 4.79 Å². The van der Waals surface area contributed by atoms with Gasteiger partial charge in [0.1, 0.15) is 12.0 Å². The summed E-state index contributed by atoms with van der Waals surface area (Å²) in [5, 5.41) is 9.48. The van der Waals surface area contributed by atoms with E-state index in [0.717, 1.165) is 28.5 Å². The first-order valence-corrected chi connectivity index (χ1v) is 5.38. The molecule has 3 heteroatoms. The molecule has 0 amide bonds. The van der Waals surface area contributed by atoms with Crippen molar-refractivity contribution in [3.8, 4) is 16.9 Å². The lowest BCUT2D eigenvalue weighted by atomic mass is 10.0. The Bertz CT molecular complexity index is 620. The Morgan fingerprint density at radius 3 is 2.41 bits per heavy atom. The van der Waals surface area contributed by atoms with Gasteiger partial charge in [0.25, 0.3) is 0 Å². The highest BCUT2D eigenvalue weighted by atomic mass is 16.3.